The van der Waals surface area contributed by atoms with Crippen LogP contribution in [0.1, 0.15) is 26.2 Å². The van der Waals surface area contributed by atoms with Crippen molar-refractivity contribution in [3.8, 4) is 0 Å². The van der Waals surface area contributed by atoms with Gasteiger partial charge in [-0.3, -0.25) is 0 Å². The summed E-state index contributed by atoms with van der Waals surface area (Å²) in [6.45, 7) is 2.52. The summed E-state index contributed by atoms with van der Waals surface area (Å²) in [4.78, 5) is 11.5. The average Bonchev–Trinajstić information content (AvgIpc) is 2.29. The molecule has 1 rings (SSSR count). The number of ether oxygens (including phenoxy) is 3. The Balaban J connectivity index is 2.30. The van der Waals surface area contributed by atoms with Gasteiger partial charge in [0, 0.05) is 13.5 Å². The normalized spacial score (nSPS) is 25.2. The molecule has 0 aromatic carbocycles. The highest BCUT2D eigenvalue weighted by Crippen LogP contribution is 2.14. The Bertz CT molecular complexity index is 225. The SMILES string of the molecule is CCCCOC(=O)[C@H]1CC=C[C@@H](OC)O1. The van der Waals surface area contributed by atoms with Crippen LogP contribution in [0.15, 0.2) is 12.2 Å². The molecule has 0 aliphatic carbocycles. The van der Waals surface area contributed by atoms with Gasteiger partial charge in [-0.2, -0.15) is 0 Å². The predicted molar refractivity (Wildman–Crippen MR) is 55.3 cm³/mol. The molecule has 2 atom stereocenters. The van der Waals surface area contributed by atoms with Crippen molar-refractivity contribution in [2.24, 2.45) is 0 Å². The second kappa shape index (κ2) is 6.58. The molecule has 0 amide bonds. The summed E-state index contributed by atoms with van der Waals surface area (Å²) in [5.74, 6) is -0.296. The fraction of sp³-hybridized carbons (Fsp3) is 0.727. The van der Waals surface area contributed by atoms with Crippen molar-refractivity contribution in [3.05, 3.63) is 12.2 Å². The summed E-state index contributed by atoms with van der Waals surface area (Å²) in [6, 6.07) is 0. The summed E-state index contributed by atoms with van der Waals surface area (Å²) in [5.41, 5.74) is 0. The van der Waals surface area contributed by atoms with Crippen LogP contribution in [-0.4, -0.2) is 32.1 Å². The minimum Gasteiger partial charge on any atom is -0.464 e. The van der Waals surface area contributed by atoms with Crippen molar-refractivity contribution in [1.82, 2.24) is 0 Å². The molecule has 1 heterocycles. The fourth-order valence-corrected chi connectivity index (χ4v) is 1.27. The van der Waals surface area contributed by atoms with Gasteiger partial charge in [0.05, 0.1) is 6.61 Å². The van der Waals surface area contributed by atoms with Crippen molar-refractivity contribution in [1.29, 1.82) is 0 Å². The molecule has 4 nitrogen and oxygen atoms in total. The second-order valence-electron chi connectivity index (χ2n) is 3.41. The predicted octanol–water partition coefficient (Wildman–Crippen LogP) is 1.65. The molecule has 0 aromatic rings. The van der Waals surface area contributed by atoms with E-state index in [1.165, 1.54) is 0 Å². The van der Waals surface area contributed by atoms with Gasteiger partial charge in [-0.05, 0) is 12.5 Å². The van der Waals surface area contributed by atoms with E-state index in [0.29, 0.717) is 13.0 Å². The molecule has 4 heteroatoms. The van der Waals surface area contributed by atoms with Gasteiger partial charge in [0.2, 0.25) is 0 Å². The van der Waals surface area contributed by atoms with Gasteiger partial charge in [-0.25, -0.2) is 4.79 Å². The maximum atomic E-state index is 11.5. The van der Waals surface area contributed by atoms with E-state index in [1.54, 1.807) is 13.2 Å². The van der Waals surface area contributed by atoms with Gasteiger partial charge >= 0.3 is 5.97 Å². The Morgan fingerprint density at radius 2 is 2.40 bits per heavy atom. The fourth-order valence-electron chi connectivity index (χ4n) is 1.27. The quantitative estimate of drug-likeness (QED) is 0.396. The molecule has 15 heavy (non-hydrogen) atoms. The van der Waals surface area contributed by atoms with E-state index in [0.717, 1.165) is 12.8 Å². The summed E-state index contributed by atoms with van der Waals surface area (Å²) < 4.78 is 15.4. The van der Waals surface area contributed by atoms with E-state index < -0.39 is 12.4 Å². The van der Waals surface area contributed by atoms with Crippen LogP contribution in [0.2, 0.25) is 0 Å². The van der Waals surface area contributed by atoms with Gasteiger partial charge in [-0.15, -0.1) is 0 Å². The van der Waals surface area contributed by atoms with Gasteiger partial charge < -0.3 is 14.2 Å². The number of carbonyl (C=O) groups excluding carboxylic acids is 1. The minimum atomic E-state index is -0.517. The topological polar surface area (TPSA) is 44.8 Å². The van der Waals surface area contributed by atoms with Crippen molar-refractivity contribution in [2.45, 2.75) is 38.6 Å². The molecule has 1 aliphatic rings. The van der Waals surface area contributed by atoms with Crippen LogP contribution in [0.25, 0.3) is 0 Å². The number of methoxy groups -OCH3 is 1. The van der Waals surface area contributed by atoms with Crippen molar-refractivity contribution in [2.75, 3.05) is 13.7 Å². The Kier molecular flexibility index (Phi) is 5.36. The van der Waals surface area contributed by atoms with Gasteiger partial charge in [0.15, 0.2) is 12.4 Å². The lowest BCUT2D eigenvalue weighted by Gasteiger charge is -2.23. The number of esters is 1. The first-order chi connectivity index (χ1) is 7.27. The number of rotatable bonds is 5. The third-order valence-corrected chi connectivity index (χ3v) is 2.18. The standard InChI is InChI=1S/C11H18O4/c1-3-4-8-14-11(12)9-6-5-7-10(13-2)15-9/h5,7,9-10H,3-4,6,8H2,1-2H3/t9-,10+/m1/s1. The lowest BCUT2D eigenvalue weighted by atomic mass is 10.2. The maximum absolute atomic E-state index is 11.5. The monoisotopic (exact) mass is 214 g/mol. The molecule has 0 saturated carbocycles. The van der Waals surface area contributed by atoms with Gasteiger partial charge in [0.1, 0.15) is 0 Å². The van der Waals surface area contributed by atoms with Crippen LogP contribution in [0.3, 0.4) is 0 Å². The van der Waals surface area contributed by atoms with Crippen molar-refractivity contribution in [3.63, 3.8) is 0 Å². The molecule has 0 N–H and O–H groups in total. The van der Waals surface area contributed by atoms with Crippen LogP contribution in [0, 0.1) is 0 Å². The third-order valence-electron chi connectivity index (χ3n) is 2.18. The van der Waals surface area contributed by atoms with Crippen molar-refractivity contribution >= 4 is 5.97 Å². The number of hydrogen-bond donors (Lipinski definition) is 0. The molecular formula is C11H18O4. The first-order valence-corrected chi connectivity index (χ1v) is 5.29. The highest BCUT2D eigenvalue weighted by molar-refractivity contribution is 5.75. The summed E-state index contributed by atoms with van der Waals surface area (Å²) in [7, 11) is 1.54. The zero-order valence-electron chi connectivity index (χ0n) is 9.27. The molecular weight excluding hydrogens is 196 g/mol. The van der Waals surface area contributed by atoms with Crippen LogP contribution in [-0.2, 0) is 19.0 Å². The molecule has 0 bridgehead atoms. The molecule has 0 saturated heterocycles. The Hall–Kier alpha value is -0.870. The maximum Gasteiger partial charge on any atom is 0.335 e. The van der Waals surface area contributed by atoms with Crippen molar-refractivity contribution < 1.29 is 19.0 Å². The molecule has 0 spiro atoms. The number of unbranched alkanes of at least 4 members (excludes halogenated alkanes) is 1. The summed E-state index contributed by atoms with van der Waals surface area (Å²) in [6.07, 6.45) is 5.19. The molecule has 0 fully saturated rings. The van der Waals surface area contributed by atoms with E-state index >= 15 is 0 Å². The summed E-state index contributed by atoms with van der Waals surface area (Å²) in [5, 5.41) is 0. The minimum absolute atomic E-state index is 0.296. The largest absolute Gasteiger partial charge is 0.464 e. The van der Waals surface area contributed by atoms with E-state index in [-0.39, 0.29) is 5.97 Å². The van der Waals surface area contributed by atoms with E-state index in [1.807, 2.05) is 6.08 Å². The molecule has 0 radical (unpaired) electrons. The Morgan fingerprint density at radius 3 is 3.07 bits per heavy atom. The third kappa shape index (κ3) is 4.01. The van der Waals surface area contributed by atoms with Gasteiger partial charge in [0.25, 0.3) is 0 Å². The Morgan fingerprint density at radius 1 is 1.60 bits per heavy atom. The van der Waals surface area contributed by atoms with Crippen LogP contribution >= 0.6 is 0 Å². The molecule has 0 aromatic heterocycles. The first-order valence-electron chi connectivity index (χ1n) is 5.29. The first kappa shape index (κ1) is 12.2. The van der Waals surface area contributed by atoms with Gasteiger partial charge in [-0.1, -0.05) is 19.4 Å². The van der Waals surface area contributed by atoms with E-state index in [4.69, 9.17) is 14.2 Å². The lowest BCUT2D eigenvalue weighted by Crippen LogP contribution is -2.33. The van der Waals surface area contributed by atoms with E-state index in [9.17, 15) is 4.79 Å². The highest BCUT2D eigenvalue weighted by atomic mass is 16.7. The Labute approximate surface area is 90.2 Å². The van der Waals surface area contributed by atoms with Crippen LogP contribution < -0.4 is 0 Å². The number of hydrogen-bond acceptors (Lipinski definition) is 4. The molecule has 1 aliphatic heterocycles. The average molecular weight is 214 g/mol. The van der Waals surface area contributed by atoms with Crippen LogP contribution in [0.4, 0.5) is 0 Å². The zero-order chi connectivity index (χ0) is 11.1. The van der Waals surface area contributed by atoms with Crippen LogP contribution in [0.5, 0.6) is 0 Å². The second-order valence-corrected chi connectivity index (χ2v) is 3.41. The summed E-state index contributed by atoms with van der Waals surface area (Å²) >= 11 is 0. The molecule has 0 unspecified atom stereocenters. The lowest BCUT2D eigenvalue weighted by molar-refractivity contribution is -0.178. The number of carbonyl (C=O) groups is 1. The smallest absolute Gasteiger partial charge is 0.335 e. The zero-order valence-corrected chi connectivity index (χ0v) is 9.27. The van der Waals surface area contributed by atoms with E-state index in [2.05, 4.69) is 6.92 Å². The molecule has 86 valence electrons. The highest BCUT2D eigenvalue weighted by Gasteiger charge is 2.25.